The number of alkyl halides is 6. The maximum atomic E-state index is 12.9. The molecule has 14 heteroatoms. The molecule has 216 valence electrons. The van der Waals surface area contributed by atoms with Gasteiger partial charge in [0.05, 0.1) is 5.92 Å². The van der Waals surface area contributed by atoms with Crippen LogP contribution in [0.2, 0.25) is 0 Å². The van der Waals surface area contributed by atoms with Crippen LogP contribution in [0.15, 0.2) is 48.6 Å². The molecule has 0 radical (unpaired) electrons. The second kappa shape index (κ2) is 13.0. The minimum absolute atomic E-state index is 0.0118. The standard InChI is InChI=1S/C26H23F6NO7/c1-33(2)24(38)12-7-17(18(34)8-3-15-5-10-20(36)22(13-15)39-25(27,28)29)19(35)9-4-16-6-11-21(37)23(14-16)40-26(30,31)32/h3-6,8-11,13-14,17,36-37H,7,12H2,1-2H3/b8-3+,9-4+. The van der Waals surface area contributed by atoms with E-state index in [4.69, 9.17) is 0 Å². The molecule has 8 nitrogen and oxygen atoms in total. The van der Waals surface area contributed by atoms with Gasteiger partial charge in [-0.2, -0.15) is 0 Å². The number of aromatic hydroxyl groups is 2. The number of hydrogen-bond donors (Lipinski definition) is 2. The first-order valence-electron chi connectivity index (χ1n) is 11.3. The molecule has 0 fully saturated rings. The molecule has 2 rings (SSSR count). The van der Waals surface area contributed by atoms with Crippen molar-refractivity contribution in [3.05, 3.63) is 59.7 Å². The van der Waals surface area contributed by atoms with E-state index >= 15 is 0 Å². The summed E-state index contributed by atoms with van der Waals surface area (Å²) in [5.41, 5.74) is 0.0237. The quantitative estimate of drug-likeness (QED) is 0.214. The second-order valence-corrected chi connectivity index (χ2v) is 8.40. The monoisotopic (exact) mass is 575 g/mol. The predicted octanol–water partition coefficient (Wildman–Crippen LogP) is 5.24. The first-order chi connectivity index (χ1) is 18.4. The summed E-state index contributed by atoms with van der Waals surface area (Å²) in [6.45, 7) is 0. The molecule has 0 spiro atoms. The first-order valence-corrected chi connectivity index (χ1v) is 11.3. The van der Waals surface area contributed by atoms with Crippen molar-refractivity contribution in [2.24, 2.45) is 5.92 Å². The number of halogens is 6. The van der Waals surface area contributed by atoms with Gasteiger partial charge >= 0.3 is 12.7 Å². The van der Waals surface area contributed by atoms with Crippen molar-refractivity contribution in [1.29, 1.82) is 0 Å². The molecule has 0 saturated carbocycles. The van der Waals surface area contributed by atoms with Gasteiger partial charge in [0.25, 0.3) is 0 Å². The average molecular weight is 575 g/mol. The van der Waals surface area contributed by atoms with Crippen molar-refractivity contribution in [3.63, 3.8) is 0 Å². The van der Waals surface area contributed by atoms with Crippen LogP contribution in [0.5, 0.6) is 23.0 Å². The van der Waals surface area contributed by atoms with Gasteiger partial charge in [0.1, 0.15) is 0 Å². The molecule has 0 bridgehead atoms. The maximum Gasteiger partial charge on any atom is 0.573 e. The highest BCUT2D eigenvalue weighted by atomic mass is 19.4. The lowest BCUT2D eigenvalue weighted by atomic mass is 9.92. The number of rotatable bonds is 11. The number of hydrogen-bond acceptors (Lipinski definition) is 7. The Bertz CT molecular complexity index is 1210. The van der Waals surface area contributed by atoms with E-state index in [1.54, 1.807) is 0 Å². The van der Waals surface area contributed by atoms with Crippen molar-refractivity contribution in [3.8, 4) is 23.0 Å². The normalized spacial score (nSPS) is 12.2. The van der Waals surface area contributed by atoms with Gasteiger partial charge in [0, 0.05) is 20.5 Å². The molecular formula is C26H23F6NO7. The van der Waals surface area contributed by atoms with Crippen molar-refractivity contribution >= 4 is 29.6 Å². The Morgan fingerprint density at radius 3 is 1.55 bits per heavy atom. The number of carbonyl (C=O) groups is 3. The molecule has 2 aromatic carbocycles. The summed E-state index contributed by atoms with van der Waals surface area (Å²) in [7, 11) is 2.91. The van der Waals surface area contributed by atoms with E-state index < -0.39 is 59.1 Å². The molecule has 2 aromatic rings. The molecule has 0 heterocycles. The number of benzene rings is 2. The topological polar surface area (TPSA) is 113 Å². The Morgan fingerprint density at radius 2 is 1.20 bits per heavy atom. The average Bonchev–Trinajstić information content (AvgIpc) is 2.83. The smallest absolute Gasteiger partial charge is 0.504 e. The lowest BCUT2D eigenvalue weighted by molar-refractivity contribution is -0.276. The number of carbonyl (C=O) groups excluding carboxylic acids is 3. The highest BCUT2D eigenvalue weighted by molar-refractivity contribution is 6.13. The number of phenolic OH excluding ortho intramolecular Hbond substituents is 2. The molecule has 0 aromatic heterocycles. The van der Waals surface area contributed by atoms with Gasteiger partial charge in [-0.05, 0) is 54.0 Å². The van der Waals surface area contributed by atoms with Gasteiger partial charge in [-0.25, -0.2) is 0 Å². The van der Waals surface area contributed by atoms with Crippen LogP contribution in [0.3, 0.4) is 0 Å². The molecule has 0 aliphatic rings. The lowest BCUT2D eigenvalue weighted by Crippen LogP contribution is -2.26. The highest BCUT2D eigenvalue weighted by Gasteiger charge is 2.33. The van der Waals surface area contributed by atoms with E-state index in [-0.39, 0.29) is 24.0 Å². The largest absolute Gasteiger partial charge is 0.573 e. The highest BCUT2D eigenvalue weighted by Crippen LogP contribution is 2.33. The number of ketones is 2. The number of nitrogens with zero attached hydrogens (tertiary/aromatic N) is 1. The molecular weight excluding hydrogens is 552 g/mol. The van der Waals surface area contributed by atoms with E-state index in [9.17, 15) is 50.9 Å². The van der Waals surface area contributed by atoms with Crippen LogP contribution < -0.4 is 9.47 Å². The molecule has 1 amide bonds. The van der Waals surface area contributed by atoms with Gasteiger partial charge in [-0.1, -0.05) is 24.3 Å². The van der Waals surface area contributed by atoms with E-state index in [0.29, 0.717) is 0 Å². The zero-order valence-electron chi connectivity index (χ0n) is 20.9. The van der Waals surface area contributed by atoms with Gasteiger partial charge in [-0.15, -0.1) is 26.3 Å². The third-order valence-electron chi connectivity index (χ3n) is 5.13. The summed E-state index contributed by atoms with van der Waals surface area (Å²) >= 11 is 0. The summed E-state index contributed by atoms with van der Waals surface area (Å²) in [6.07, 6.45) is -6.70. The Balaban J connectivity index is 2.29. The molecule has 0 unspecified atom stereocenters. The zero-order valence-corrected chi connectivity index (χ0v) is 20.9. The van der Waals surface area contributed by atoms with Crippen LogP contribution in [0, 0.1) is 5.92 Å². The Morgan fingerprint density at radius 1 is 0.800 bits per heavy atom. The summed E-state index contributed by atoms with van der Waals surface area (Å²) in [5, 5.41) is 19.1. The molecule has 0 aliphatic carbocycles. The van der Waals surface area contributed by atoms with E-state index in [2.05, 4.69) is 9.47 Å². The fraction of sp³-hybridized carbons (Fsp3) is 0.269. The van der Waals surface area contributed by atoms with Crippen LogP contribution in [-0.2, 0) is 14.4 Å². The number of allylic oxidation sites excluding steroid dienone is 2. The molecule has 0 saturated heterocycles. The number of ether oxygens (including phenoxy) is 2. The molecule has 0 atom stereocenters. The van der Waals surface area contributed by atoms with Crippen molar-refractivity contribution in [2.75, 3.05) is 14.1 Å². The van der Waals surface area contributed by atoms with Gasteiger partial charge in [0.15, 0.2) is 34.6 Å². The Kier molecular flexibility index (Phi) is 10.3. The van der Waals surface area contributed by atoms with Crippen LogP contribution >= 0.6 is 0 Å². The minimum atomic E-state index is -5.09. The van der Waals surface area contributed by atoms with Gasteiger partial charge in [0.2, 0.25) is 5.91 Å². The molecule has 0 aliphatic heterocycles. The van der Waals surface area contributed by atoms with E-state index in [1.165, 1.54) is 31.1 Å². The number of amides is 1. The van der Waals surface area contributed by atoms with Crippen molar-refractivity contribution in [1.82, 2.24) is 4.90 Å². The maximum absolute atomic E-state index is 12.9. The summed E-state index contributed by atoms with van der Waals surface area (Å²) in [6, 6.07) is 5.79. The van der Waals surface area contributed by atoms with E-state index in [1.807, 2.05) is 0 Å². The summed E-state index contributed by atoms with van der Waals surface area (Å²) < 4.78 is 82.6. The van der Waals surface area contributed by atoms with Gasteiger partial charge in [-0.3, -0.25) is 14.4 Å². The lowest BCUT2D eigenvalue weighted by Gasteiger charge is -2.14. The summed E-state index contributed by atoms with van der Waals surface area (Å²) in [5.74, 6) is -6.92. The number of phenols is 2. The third-order valence-corrected chi connectivity index (χ3v) is 5.13. The molecule has 40 heavy (non-hydrogen) atoms. The minimum Gasteiger partial charge on any atom is -0.504 e. The van der Waals surface area contributed by atoms with Crippen LogP contribution in [-0.4, -0.2) is 59.4 Å². The third kappa shape index (κ3) is 10.3. The van der Waals surface area contributed by atoms with Gasteiger partial charge < -0.3 is 24.6 Å². The summed E-state index contributed by atoms with van der Waals surface area (Å²) in [4.78, 5) is 39.0. The predicted molar refractivity (Wildman–Crippen MR) is 129 cm³/mol. The van der Waals surface area contributed by atoms with Crippen LogP contribution in [0.1, 0.15) is 24.0 Å². The van der Waals surface area contributed by atoms with E-state index in [0.717, 1.165) is 48.6 Å². The first kappa shape index (κ1) is 31.7. The molecule has 2 N–H and O–H groups in total. The fourth-order valence-electron chi connectivity index (χ4n) is 3.19. The Hall–Kier alpha value is -4.49. The van der Waals surface area contributed by atoms with Crippen LogP contribution in [0.4, 0.5) is 26.3 Å². The van der Waals surface area contributed by atoms with Crippen molar-refractivity contribution < 1.29 is 60.4 Å². The van der Waals surface area contributed by atoms with Crippen LogP contribution in [0.25, 0.3) is 12.2 Å². The Labute approximate surface area is 223 Å². The van der Waals surface area contributed by atoms with Crippen molar-refractivity contribution in [2.45, 2.75) is 25.6 Å². The fourth-order valence-corrected chi connectivity index (χ4v) is 3.19. The SMILES string of the molecule is CN(C)C(=O)CCC(C(=O)/C=C/c1ccc(O)c(OC(F)(F)F)c1)C(=O)/C=C/c1ccc(O)c(OC(F)(F)F)c1. The zero-order chi connectivity index (χ0) is 30.3. The second-order valence-electron chi connectivity index (χ2n) is 8.40.